The Hall–Kier alpha value is -2.93. The predicted molar refractivity (Wildman–Crippen MR) is 119 cm³/mol. The monoisotopic (exact) mass is 420 g/mol. The van der Waals surface area contributed by atoms with Crippen LogP contribution in [0.5, 0.6) is 5.75 Å². The number of amides is 2. The zero-order valence-corrected chi connectivity index (χ0v) is 18.1. The minimum absolute atomic E-state index is 0.102. The number of piperidine rings is 1. The number of aryl methyl sites for hydroxylation is 2. The molecule has 1 aromatic heterocycles. The van der Waals surface area contributed by atoms with Crippen molar-refractivity contribution in [2.24, 2.45) is 0 Å². The van der Waals surface area contributed by atoms with Crippen LogP contribution in [0, 0.1) is 6.92 Å². The number of hydrogen-bond donors (Lipinski definition) is 1. The van der Waals surface area contributed by atoms with E-state index in [0.29, 0.717) is 19.4 Å². The highest BCUT2D eigenvalue weighted by atomic mass is 16.5. The molecule has 0 saturated carbocycles. The van der Waals surface area contributed by atoms with Crippen LogP contribution in [0.4, 0.5) is 11.5 Å². The number of pyridine rings is 1. The van der Waals surface area contributed by atoms with Crippen molar-refractivity contribution < 1.29 is 14.3 Å². The van der Waals surface area contributed by atoms with Crippen LogP contribution in [-0.4, -0.2) is 55.0 Å². The van der Waals surface area contributed by atoms with Crippen LogP contribution in [0.25, 0.3) is 0 Å². The van der Waals surface area contributed by atoms with E-state index in [1.165, 1.54) is 5.56 Å². The van der Waals surface area contributed by atoms with E-state index in [1.807, 2.05) is 12.1 Å². The number of ether oxygens (including phenoxy) is 1. The third-order valence-corrected chi connectivity index (χ3v) is 6.98. The Morgan fingerprint density at radius 3 is 2.77 bits per heavy atom. The van der Waals surface area contributed by atoms with Crippen molar-refractivity contribution in [2.75, 3.05) is 43.5 Å². The van der Waals surface area contributed by atoms with Crippen LogP contribution < -0.4 is 15.0 Å². The molecule has 7 nitrogen and oxygen atoms in total. The van der Waals surface area contributed by atoms with Gasteiger partial charge in [0.15, 0.2) is 0 Å². The summed E-state index contributed by atoms with van der Waals surface area (Å²) in [4.78, 5) is 33.0. The Balaban J connectivity index is 1.17. The molecule has 0 aliphatic carbocycles. The average Bonchev–Trinajstić information content (AvgIpc) is 3.03. The summed E-state index contributed by atoms with van der Waals surface area (Å²) >= 11 is 0. The first-order chi connectivity index (χ1) is 15.0. The molecule has 0 unspecified atom stereocenters. The van der Waals surface area contributed by atoms with Crippen molar-refractivity contribution in [1.82, 2.24) is 9.88 Å². The molecule has 7 heteroatoms. The van der Waals surface area contributed by atoms with E-state index in [1.54, 1.807) is 18.1 Å². The van der Waals surface area contributed by atoms with Gasteiger partial charge in [0.2, 0.25) is 11.8 Å². The first-order valence-corrected chi connectivity index (χ1v) is 11.0. The van der Waals surface area contributed by atoms with Gasteiger partial charge in [0.25, 0.3) is 0 Å². The summed E-state index contributed by atoms with van der Waals surface area (Å²) in [6.07, 6.45) is 4.58. The number of aromatic nitrogens is 1. The van der Waals surface area contributed by atoms with E-state index in [0.717, 1.165) is 60.9 Å². The highest BCUT2D eigenvalue weighted by molar-refractivity contribution is 6.06. The maximum absolute atomic E-state index is 12.8. The molecule has 5 rings (SSSR count). The molecule has 4 heterocycles. The third kappa shape index (κ3) is 3.47. The molecule has 31 heavy (non-hydrogen) atoms. The second kappa shape index (κ2) is 7.64. The second-order valence-electron chi connectivity index (χ2n) is 8.88. The summed E-state index contributed by atoms with van der Waals surface area (Å²) in [5.74, 6) is 1.72. The van der Waals surface area contributed by atoms with Crippen LogP contribution in [0.3, 0.4) is 0 Å². The minimum atomic E-state index is -0.384. The first-order valence-electron chi connectivity index (χ1n) is 11.0. The number of rotatable bonds is 4. The van der Waals surface area contributed by atoms with Crippen LogP contribution in [-0.2, 0) is 21.4 Å². The summed E-state index contributed by atoms with van der Waals surface area (Å²) in [6.45, 7) is 5.21. The molecule has 2 amide bonds. The molecule has 0 atom stereocenters. The smallest absolute Gasteiger partial charge is 0.235 e. The van der Waals surface area contributed by atoms with E-state index >= 15 is 0 Å². The molecule has 0 bridgehead atoms. The number of anilines is 2. The number of carbonyl (C=O) groups is 2. The van der Waals surface area contributed by atoms with Crippen LogP contribution in [0.15, 0.2) is 30.5 Å². The third-order valence-electron chi connectivity index (χ3n) is 6.98. The molecule has 3 aliphatic heterocycles. The average molecular weight is 421 g/mol. The van der Waals surface area contributed by atoms with Crippen molar-refractivity contribution in [3.8, 4) is 5.75 Å². The zero-order chi connectivity index (χ0) is 21.6. The summed E-state index contributed by atoms with van der Waals surface area (Å²) in [5.41, 5.74) is 4.00. The number of nitrogens with zero attached hydrogens (tertiary/aromatic N) is 3. The van der Waals surface area contributed by atoms with Gasteiger partial charge in [-0.15, -0.1) is 0 Å². The molecule has 1 spiro atoms. The molecular formula is C24H28N4O3. The Kier molecular flexibility index (Phi) is 4.93. The fourth-order valence-corrected chi connectivity index (χ4v) is 5.05. The van der Waals surface area contributed by atoms with E-state index in [4.69, 9.17) is 4.74 Å². The topological polar surface area (TPSA) is 74.8 Å². The van der Waals surface area contributed by atoms with Crippen molar-refractivity contribution in [1.29, 1.82) is 0 Å². The summed E-state index contributed by atoms with van der Waals surface area (Å²) in [6, 6.07) is 8.24. The van der Waals surface area contributed by atoms with Gasteiger partial charge in [0.05, 0.1) is 11.6 Å². The van der Waals surface area contributed by atoms with Gasteiger partial charge in [-0.3, -0.25) is 19.4 Å². The normalized spacial score (nSPS) is 19.9. The van der Waals surface area contributed by atoms with Gasteiger partial charge >= 0.3 is 0 Å². The minimum Gasteiger partial charge on any atom is -0.491 e. The van der Waals surface area contributed by atoms with Gasteiger partial charge in [-0.2, -0.15) is 0 Å². The molecule has 2 aromatic rings. The summed E-state index contributed by atoms with van der Waals surface area (Å²) in [5, 5.41) is 3.08. The standard InChI is InChI=1S/C24H28N4O3/c1-16-3-5-20-19(13-16)24(23(30)26-20)7-9-28(10-8-24)11-12-31-18-14-17-4-6-21(29)27(2)22(17)25-15-18/h3,5,13-15H,4,6-12H2,1-2H3,(H,26,30). The van der Waals surface area contributed by atoms with Gasteiger partial charge < -0.3 is 10.1 Å². The lowest BCUT2D eigenvalue weighted by Crippen LogP contribution is -2.47. The Morgan fingerprint density at radius 1 is 1.16 bits per heavy atom. The maximum atomic E-state index is 12.8. The van der Waals surface area contributed by atoms with E-state index in [9.17, 15) is 9.59 Å². The number of hydrogen-bond acceptors (Lipinski definition) is 5. The van der Waals surface area contributed by atoms with E-state index in [-0.39, 0.29) is 17.2 Å². The van der Waals surface area contributed by atoms with Crippen molar-refractivity contribution in [3.05, 3.63) is 47.2 Å². The van der Waals surface area contributed by atoms with Gasteiger partial charge in [-0.1, -0.05) is 17.7 Å². The molecule has 1 N–H and O–H groups in total. The van der Waals surface area contributed by atoms with Gasteiger partial charge in [-0.25, -0.2) is 4.98 Å². The molecule has 1 aromatic carbocycles. The molecular weight excluding hydrogens is 392 g/mol. The number of benzene rings is 1. The number of nitrogens with one attached hydrogen (secondary N) is 1. The van der Waals surface area contributed by atoms with Crippen LogP contribution in [0.2, 0.25) is 0 Å². The lowest BCUT2D eigenvalue weighted by Gasteiger charge is -2.38. The quantitative estimate of drug-likeness (QED) is 0.823. The predicted octanol–water partition coefficient (Wildman–Crippen LogP) is 2.66. The number of likely N-dealkylation sites (tertiary alicyclic amines) is 1. The van der Waals surface area contributed by atoms with Gasteiger partial charge in [0, 0.05) is 25.7 Å². The van der Waals surface area contributed by atoms with E-state index < -0.39 is 0 Å². The molecule has 0 radical (unpaired) electrons. The number of carbonyl (C=O) groups excluding carboxylic acids is 2. The Bertz CT molecular complexity index is 1040. The lowest BCUT2D eigenvalue weighted by molar-refractivity contribution is -0.122. The fraction of sp³-hybridized carbons (Fsp3) is 0.458. The lowest BCUT2D eigenvalue weighted by atomic mass is 9.73. The first kappa shape index (κ1) is 20.0. The van der Waals surface area contributed by atoms with Gasteiger partial charge in [-0.05, 0) is 62.5 Å². The van der Waals surface area contributed by atoms with Crippen molar-refractivity contribution >= 4 is 23.3 Å². The Labute approximate surface area is 182 Å². The number of fused-ring (bicyclic) bond motifs is 3. The second-order valence-corrected chi connectivity index (χ2v) is 8.88. The van der Waals surface area contributed by atoms with Crippen LogP contribution >= 0.6 is 0 Å². The molecule has 1 fully saturated rings. The zero-order valence-electron chi connectivity index (χ0n) is 18.1. The molecule has 1 saturated heterocycles. The highest BCUT2D eigenvalue weighted by Gasteiger charge is 2.48. The fourth-order valence-electron chi connectivity index (χ4n) is 5.05. The molecule has 3 aliphatic rings. The largest absolute Gasteiger partial charge is 0.491 e. The van der Waals surface area contributed by atoms with E-state index in [2.05, 4.69) is 34.3 Å². The maximum Gasteiger partial charge on any atom is 0.235 e. The SMILES string of the molecule is Cc1ccc2c(c1)C1(CCN(CCOc3cnc4c(c3)CCC(=O)N4C)CC1)C(=O)N2. The summed E-state index contributed by atoms with van der Waals surface area (Å²) in [7, 11) is 1.77. The summed E-state index contributed by atoms with van der Waals surface area (Å²) < 4.78 is 5.96. The molecule has 162 valence electrons. The van der Waals surface area contributed by atoms with Gasteiger partial charge in [0.1, 0.15) is 18.2 Å². The Morgan fingerprint density at radius 2 is 1.97 bits per heavy atom. The highest BCUT2D eigenvalue weighted by Crippen LogP contribution is 2.45. The van der Waals surface area contributed by atoms with Crippen LogP contribution in [0.1, 0.15) is 36.0 Å². The van der Waals surface area contributed by atoms with Crippen molar-refractivity contribution in [3.63, 3.8) is 0 Å². The van der Waals surface area contributed by atoms with Crippen molar-refractivity contribution in [2.45, 2.75) is 38.0 Å².